The minimum atomic E-state index is 0. The second-order valence-electron chi connectivity index (χ2n) is 6.49. The minimum Gasteiger partial charge on any atom is -1.00 e. The van der Waals surface area contributed by atoms with Gasteiger partial charge in [0.05, 0.1) is 20.6 Å². The number of thioether (sulfide) groups is 1. The molecule has 0 unspecified atom stereocenters. The quantitative estimate of drug-likeness (QED) is 0.847. The number of quaternary nitrogens is 1. The average molecular weight is 360 g/mol. The van der Waals surface area contributed by atoms with Gasteiger partial charge >= 0.3 is 0 Å². The number of rotatable bonds is 4. The van der Waals surface area contributed by atoms with Crippen LogP contribution in [-0.2, 0) is 12.2 Å². The van der Waals surface area contributed by atoms with Gasteiger partial charge in [0.15, 0.2) is 0 Å². The van der Waals surface area contributed by atoms with Crippen molar-refractivity contribution in [3.05, 3.63) is 70.8 Å². The third-order valence-electron chi connectivity index (χ3n) is 4.43. The fourth-order valence-corrected chi connectivity index (χ4v) is 4.12. The summed E-state index contributed by atoms with van der Waals surface area (Å²) >= 11 is 1.97. The number of benzene rings is 2. The van der Waals surface area contributed by atoms with Crippen LogP contribution in [0.3, 0.4) is 0 Å². The van der Waals surface area contributed by atoms with E-state index in [4.69, 9.17) is 0 Å². The molecule has 0 bridgehead atoms. The summed E-state index contributed by atoms with van der Waals surface area (Å²) in [6, 6.07) is 15.9. The summed E-state index contributed by atoms with van der Waals surface area (Å²) in [5.41, 5.74) is 7.15. The van der Waals surface area contributed by atoms with Gasteiger partial charge in [0.2, 0.25) is 0 Å². The van der Waals surface area contributed by atoms with Crippen LogP contribution in [0.1, 0.15) is 35.6 Å². The minimum absolute atomic E-state index is 0. The van der Waals surface area contributed by atoms with Crippen LogP contribution in [0, 0.1) is 0 Å². The van der Waals surface area contributed by atoms with Crippen molar-refractivity contribution in [3.8, 4) is 0 Å². The van der Waals surface area contributed by atoms with Gasteiger partial charge in [0.1, 0.15) is 0 Å². The summed E-state index contributed by atoms with van der Waals surface area (Å²) in [6.45, 7) is 3.40. The van der Waals surface area contributed by atoms with Gasteiger partial charge in [-0.3, -0.25) is 0 Å². The summed E-state index contributed by atoms with van der Waals surface area (Å²) in [7, 11) is 4.44. The number of aryl methyl sites for hydroxylation is 1. The van der Waals surface area contributed by atoms with Crippen LogP contribution < -0.4 is 17.3 Å². The van der Waals surface area contributed by atoms with Gasteiger partial charge in [-0.15, -0.1) is 11.8 Å². The lowest BCUT2D eigenvalue weighted by atomic mass is 9.92. The molecule has 1 N–H and O–H groups in total. The molecular formula is C21H26ClNS. The SMILES string of the molecule is CCc1ccc2c(c1)/C(=C/CC[NH+](C)C)c1ccccc1CS2.[Cl-]. The van der Waals surface area contributed by atoms with E-state index in [1.165, 1.54) is 44.2 Å². The second-order valence-corrected chi connectivity index (χ2v) is 7.51. The molecule has 0 aliphatic carbocycles. The Morgan fingerprint density at radius 3 is 2.62 bits per heavy atom. The maximum Gasteiger partial charge on any atom is 0.0802 e. The summed E-state index contributed by atoms with van der Waals surface area (Å²) in [5, 5.41) is 0. The third-order valence-corrected chi connectivity index (χ3v) is 5.55. The average Bonchev–Trinajstić information content (AvgIpc) is 2.71. The first kappa shape index (κ1) is 19.1. The summed E-state index contributed by atoms with van der Waals surface area (Å²) < 4.78 is 0. The Labute approximate surface area is 156 Å². The monoisotopic (exact) mass is 359 g/mol. The van der Waals surface area contributed by atoms with E-state index < -0.39 is 0 Å². The van der Waals surface area contributed by atoms with Crippen LogP contribution in [-0.4, -0.2) is 20.6 Å². The Bertz CT molecular complexity index is 722. The largest absolute Gasteiger partial charge is 1.00 e. The Balaban J connectivity index is 0.00000208. The van der Waals surface area contributed by atoms with Crippen LogP contribution in [0.25, 0.3) is 5.57 Å². The van der Waals surface area contributed by atoms with E-state index in [1.54, 1.807) is 0 Å². The van der Waals surface area contributed by atoms with Gasteiger partial charge in [-0.2, -0.15) is 0 Å². The van der Waals surface area contributed by atoms with Gasteiger partial charge in [-0.1, -0.05) is 49.4 Å². The molecule has 1 heterocycles. The van der Waals surface area contributed by atoms with Gasteiger partial charge in [0.25, 0.3) is 0 Å². The van der Waals surface area contributed by atoms with Crippen molar-refractivity contribution in [2.45, 2.75) is 30.4 Å². The van der Waals surface area contributed by atoms with Crippen molar-refractivity contribution in [1.82, 2.24) is 0 Å². The molecule has 3 heteroatoms. The molecule has 24 heavy (non-hydrogen) atoms. The van der Waals surface area contributed by atoms with Crippen LogP contribution in [0.4, 0.5) is 0 Å². The maximum atomic E-state index is 2.45. The third kappa shape index (κ3) is 4.24. The highest BCUT2D eigenvalue weighted by atomic mass is 35.5. The second kappa shape index (κ2) is 8.75. The molecule has 0 aromatic heterocycles. The zero-order valence-corrected chi connectivity index (χ0v) is 16.3. The molecule has 0 saturated heterocycles. The van der Waals surface area contributed by atoms with Crippen molar-refractivity contribution < 1.29 is 17.3 Å². The Morgan fingerprint density at radius 1 is 1.08 bits per heavy atom. The molecule has 128 valence electrons. The van der Waals surface area contributed by atoms with E-state index >= 15 is 0 Å². The zero-order valence-electron chi connectivity index (χ0n) is 14.7. The molecule has 3 rings (SSSR count). The predicted octanol–water partition coefficient (Wildman–Crippen LogP) is 0.825. The first-order valence-electron chi connectivity index (χ1n) is 8.52. The van der Waals surface area contributed by atoms with Gasteiger partial charge < -0.3 is 17.3 Å². The van der Waals surface area contributed by atoms with E-state index in [9.17, 15) is 0 Å². The van der Waals surface area contributed by atoms with Gasteiger partial charge in [-0.05, 0) is 40.3 Å². The molecule has 0 spiro atoms. The smallest absolute Gasteiger partial charge is 0.0802 e. The summed E-state index contributed by atoms with van der Waals surface area (Å²) in [4.78, 5) is 2.92. The van der Waals surface area contributed by atoms with E-state index in [-0.39, 0.29) is 12.4 Å². The highest BCUT2D eigenvalue weighted by Crippen LogP contribution is 2.40. The molecule has 2 aromatic carbocycles. The maximum absolute atomic E-state index is 2.45. The number of hydrogen-bond acceptors (Lipinski definition) is 1. The van der Waals surface area contributed by atoms with Gasteiger partial charge in [-0.25, -0.2) is 0 Å². The predicted molar refractivity (Wildman–Crippen MR) is 101 cm³/mol. The standard InChI is InChI=1S/C21H25NS.ClH/c1-4-16-11-12-21-20(14-16)19(10-7-13-22(2)3)18-9-6-5-8-17(18)15-23-21;/h5-6,8-12,14H,4,7,13,15H2,1-3H3;1H/b19-10+;. The fourth-order valence-electron chi connectivity index (χ4n) is 3.07. The number of fused-ring (bicyclic) bond motifs is 2. The summed E-state index contributed by atoms with van der Waals surface area (Å²) in [5.74, 6) is 1.06. The highest BCUT2D eigenvalue weighted by molar-refractivity contribution is 7.98. The molecule has 1 nitrogen and oxygen atoms in total. The molecule has 0 saturated carbocycles. The van der Waals surface area contributed by atoms with Crippen LogP contribution >= 0.6 is 11.8 Å². The van der Waals surface area contributed by atoms with Crippen molar-refractivity contribution in [1.29, 1.82) is 0 Å². The van der Waals surface area contributed by atoms with Crippen molar-refractivity contribution >= 4 is 17.3 Å². The van der Waals surface area contributed by atoms with E-state index in [2.05, 4.69) is 69.6 Å². The molecule has 1 aliphatic heterocycles. The van der Waals surface area contributed by atoms with Crippen LogP contribution in [0.2, 0.25) is 0 Å². The van der Waals surface area contributed by atoms with Gasteiger partial charge in [0, 0.05) is 17.1 Å². The Morgan fingerprint density at radius 2 is 1.88 bits per heavy atom. The lowest BCUT2D eigenvalue weighted by Crippen LogP contribution is -3.05. The molecular weight excluding hydrogens is 334 g/mol. The molecule has 0 radical (unpaired) electrons. The number of hydrogen-bond donors (Lipinski definition) is 1. The Kier molecular flexibility index (Phi) is 6.97. The van der Waals surface area contributed by atoms with E-state index in [0.29, 0.717) is 0 Å². The first-order chi connectivity index (χ1) is 11.2. The first-order valence-corrected chi connectivity index (χ1v) is 9.51. The van der Waals surface area contributed by atoms with Crippen molar-refractivity contribution in [3.63, 3.8) is 0 Å². The lowest BCUT2D eigenvalue weighted by Gasteiger charge is -2.13. The number of nitrogens with one attached hydrogen (secondary N) is 1. The van der Waals surface area contributed by atoms with Crippen LogP contribution in [0.15, 0.2) is 53.4 Å². The van der Waals surface area contributed by atoms with Crippen molar-refractivity contribution in [2.24, 2.45) is 0 Å². The fraction of sp³-hybridized carbons (Fsp3) is 0.333. The molecule has 0 atom stereocenters. The molecule has 2 aromatic rings. The zero-order chi connectivity index (χ0) is 16.2. The Hall–Kier alpha value is -1.22. The molecule has 1 aliphatic rings. The summed E-state index contributed by atoms with van der Waals surface area (Å²) in [6.07, 6.45) is 4.66. The van der Waals surface area contributed by atoms with E-state index in [1.807, 2.05) is 11.8 Å². The lowest BCUT2D eigenvalue weighted by molar-refractivity contribution is -0.857. The number of halogens is 1. The topological polar surface area (TPSA) is 4.44 Å². The normalized spacial score (nSPS) is 14.8. The van der Waals surface area contributed by atoms with E-state index in [0.717, 1.165) is 18.6 Å². The highest BCUT2D eigenvalue weighted by Gasteiger charge is 2.18. The van der Waals surface area contributed by atoms with Crippen LogP contribution in [0.5, 0.6) is 0 Å². The van der Waals surface area contributed by atoms with Crippen molar-refractivity contribution in [2.75, 3.05) is 20.6 Å². The molecule has 0 amide bonds. The molecule has 0 fully saturated rings.